The minimum atomic E-state index is -0.163. The first-order chi connectivity index (χ1) is 6.20. The highest BCUT2D eigenvalue weighted by molar-refractivity contribution is 5.61. The molecule has 0 saturated heterocycles. The van der Waals surface area contributed by atoms with Crippen molar-refractivity contribution in [3.8, 4) is 5.75 Å². The lowest BCUT2D eigenvalue weighted by atomic mass is 10.1. The van der Waals surface area contributed by atoms with Crippen molar-refractivity contribution in [3.63, 3.8) is 0 Å². The Labute approximate surface area is 76.4 Å². The summed E-state index contributed by atoms with van der Waals surface area (Å²) in [7, 11) is 0. The second-order valence-corrected chi connectivity index (χ2v) is 2.76. The summed E-state index contributed by atoms with van der Waals surface area (Å²) >= 11 is 0. The number of pyridine rings is 1. The van der Waals surface area contributed by atoms with Gasteiger partial charge in [0.15, 0.2) is 0 Å². The van der Waals surface area contributed by atoms with Crippen LogP contribution < -0.4 is 0 Å². The molecule has 1 aromatic rings. The number of hydrogen-bond donors (Lipinski definition) is 3. The average molecular weight is 180 g/mol. The van der Waals surface area contributed by atoms with Crippen LogP contribution in [0.3, 0.4) is 0 Å². The minimum absolute atomic E-state index is 0.0788. The standard InChI is InChI=1S/C9H12N2O2/c1-6-9(13)8(2-3-10)7(5-12)4-11-6/h3-4,10,12-13H,2,5H2,1H3. The van der Waals surface area contributed by atoms with Gasteiger partial charge in [0.2, 0.25) is 0 Å². The van der Waals surface area contributed by atoms with E-state index in [1.807, 2.05) is 0 Å². The lowest BCUT2D eigenvalue weighted by Gasteiger charge is -2.08. The number of aromatic hydroxyl groups is 1. The van der Waals surface area contributed by atoms with Crippen molar-refractivity contribution in [2.24, 2.45) is 0 Å². The Morgan fingerprint density at radius 3 is 2.85 bits per heavy atom. The van der Waals surface area contributed by atoms with E-state index in [9.17, 15) is 5.11 Å². The number of aryl methyl sites for hydroxylation is 1. The Morgan fingerprint density at radius 2 is 2.31 bits per heavy atom. The molecule has 13 heavy (non-hydrogen) atoms. The predicted octanol–water partition coefficient (Wildman–Crippen LogP) is 0.780. The van der Waals surface area contributed by atoms with Crippen LogP contribution in [0, 0.1) is 12.3 Å². The maximum atomic E-state index is 9.56. The third-order valence-corrected chi connectivity index (χ3v) is 1.91. The highest BCUT2D eigenvalue weighted by atomic mass is 16.3. The van der Waals surface area contributed by atoms with Gasteiger partial charge in [-0.25, -0.2) is 0 Å². The summed E-state index contributed by atoms with van der Waals surface area (Å²) in [4.78, 5) is 3.91. The van der Waals surface area contributed by atoms with E-state index in [4.69, 9.17) is 10.5 Å². The van der Waals surface area contributed by atoms with Crippen LogP contribution in [0.2, 0.25) is 0 Å². The molecule has 0 aromatic carbocycles. The van der Waals surface area contributed by atoms with Crippen LogP contribution in [0.4, 0.5) is 0 Å². The van der Waals surface area contributed by atoms with Crippen LogP contribution in [0.1, 0.15) is 16.8 Å². The number of aliphatic hydroxyl groups excluding tert-OH is 1. The van der Waals surface area contributed by atoms with Crippen molar-refractivity contribution in [2.75, 3.05) is 0 Å². The van der Waals surface area contributed by atoms with Crippen molar-refractivity contribution in [3.05, 3.63) is 23.0 Å². The van der Waals surface area contributed by atoms with E-state index < -0.39 is 0 Å². The molecule has 0 atom stereocenters. The van der Waals surface area contributed by atoms with Gasteiger partial charge in [0.1, 0.15) is 5.75 Å². The Morgan fingerprint density at radius 1 is 1.62 bits per heavy atom. The van der Waals surface area contributed by atoms with Crippen LogP contribution in [-0.4, -0.2) is 21.4 Å². The van der Waals surface area contributed by atoms with Crippen molar-refractivity contribution in [1.82, 2.24) is 4.98 Å². The van der Waals surface area contributed by atoms with E-state index >= 15 is 0 Å². The maximum Gasteiger partial charge on any atom is 0.140 e. The largest absolute Gasteiger partial charge is 0.506 e. The summed E-state index contributed by atoms with van der Waals surface area (Å²) in [6.07, 6.45) is 3.03. The zero-order valence-electron chi connectivity index (χ0n) is 7.41. The summed E-state index contributed by atoms with van der Waals surface area (Å²) < 4.78 is 0. The molecular formula is C9H12N2O2. The summed E-state index contributed by atoms with van der Waals surface area (Å²) in [5.74, 6) is 0.0788. The van der Waals surface area contributed by atoms with Crippen molar-refractivity contribution >= 4 is 6.21 Å². The Kier molecular flexibility index (Phi) is 2.97. The lowest BCUT2D eigenvalue weighted by molar-refractivity contribution is 0.279. The van der Waals surface area contributed by atoms with Gasteiger partial charge in [0.05, 0.1) is 12.3 Å². The second kappa shape index (κ2) is 4.00. The number of rotatable bonds is 3. The first kappa shape index (κ1) is 9.67. The number of nitrogens with zero attached hydrogens (tertiary/aromatic N) is 1. The molecule has 0 amide bonds. The fourth-order valence-corrected chi connectivity index (χ4v) is 1.15. The van der Waals surface area contributed by atoms with Gasteiger partial charge in [0, 0.05) is 23.7 Å². The molecule has 0 radical (unpaired) electrons. The van der Waals surface area contributed by atoms with E-state index in [0.29, 0.717) is 23.2 Å². The van der Waals surface area contributed by atoms with Gasteiger partial charge in [-0.05, 0) is 13.1 Å². The Balaban J connectivity index is 3.23. The summed E-state index contributed by atoms with van der Waals surface area (Å²) in [6.45, 7) is 1.52. The van der Waals surface area contributed by atoms with E-state index in [-0.39, 0.29) is 12.4 Å². The highest BCUT2D eigenvalue weighted by Gasteiger charge is 2.09. The first-order valence-corrected chi connectivity index (χ1v) is 3.96. The molecule has 3 N–H and O–H groups in total. The topological polar surface area (TPSA) is 77.2 Å². The second-order valence-electron chi connectivity index (χ2n) is 2.76. The zero-order chi connectivity index (χ0) is 9.84. The third kappa shape index (κ3) is 1.84. The first-order valence-electron chi connectivity index (χ1n) is 3.96. The monoisotopic (exact) mass is 180 g/mol. The number of aromatic nitrogens is 1. The van der Waals surface area contributed by atoms with Crippen LogP contribution >= 0.6 is 0 Å². The quantitative estimate of drug-likeness (QED) is 0.601. The van der Waals surface area contributed by atoms with Gasteiger partial charge in [0.25, 0.3) is 0 Å². The molecule has 1 aromatic heterocycles. The Bertz CT molecular complexity index is 324. The van der Waals surface area contributed by atoms with Gasteiger partial charge < -0.3 is 15.6 Å². The Hall–Kier alpha value is -1.42. The smallest absolute Gasteiger partial charge is 0.140 e. The van der Waals surface area contributed by atoms with Gasteiger partial charge in [-0.1, -0.05) is 0 Å². The van der Waals surface area contributed by atoms with Crippen LogP contribution in [0.15, 0.2) is 6.20 Å². The lowest BCUT2D eigenvalue weighted by Crippen LogP contribution is -1.99. The molecule has 0 aliphatic heterocycles. The van der Waals surface area contributed by atoms with Gasteiger partial charge in [-0.15, -0.1) is 0 Å². The molecule has 4 heteroatoms. The number of nitrogens with one attached hydrogen (secondary N) is 1. The van der Waals surface area contributed by atoms with E-state index in [0.717, 1.165) is 0 Å². The van der Waals surface area contributed by atoms with Gasteiger partial charge >= 0.3 is 0 Å². The van der Waals surface area contributed by atoms with Crippen LogP contribution in [-0.2, 0) is 13.0 Å². The zero-order valence-corrected chi connectivity index (χ0v) is 7.41. The fourth-order valence-electron chi connectivity index (χ4n) is 1.15. The van der Waals surface area contributed by atoms with Crippen molar-refractivity contribution < 1.29 is 10.2 Å². The third-order valence-electron chi connectivity index (χ3n) is 1.91. The average Bonchev–Trinajstić information content (AvgIpc) is 2.14. The molecular weight excluding hydrogens is 168 g/mol. The molecule has 0 spiro atoms. The fraction of sp³-hybridized carbons (Fsp3) is 0.333. The summed E-state index contributed by atoms with van der Waals surface area (Å²) in [6, 6.07) is 0. The molecule has 0 aliphatic carbocycles. The van der Waals surface area contributed by atoms with Crippen LogP contribution in [0.25, 0.3) is 0 Å². The molecule has 1 heterocycles. The van der Waals surface area contributed by atoms with Crippen molar-refractivity contribution in [1.29, 1.82) is 5.41 Å². The molecule has 0 aliphatic rings. The summed E-state index contributed by atoms with van der Waals surface area (Å²) in [5.41, 5.74) is 1.69. The minimum Gasteiger partial charge on any atom is -0.506 e. The molecule has 0 saturated carbocycles. The highest BCUT2D eigenvalue weighted by Crippen LogP contribution is 2.23. The van der Waals surface area contributed by atoms with Crippen LogP contribution in [0.5, 0.6) is 5.75 Å². The number of aliphatic hydroxyl groups is 1. The molecule has 0 unspecified atom stereocenters. The molecule has 0 fully saturated rings. The molecule has 1 rings (SSSR count). The normalized spacial score (nSPS) is 10.0. The van der Waals surface area contributed by atoms with E-state index in [1.165, 1.54) is 12.4 Å². The molecule has 70 valence electrons. The maximum absolute atomic E-state index is 9.56. The summed E-state index contributed by atoms with van der Waals surface area (Å²) in [5, 5.41) is 25.4. The van der Waals surface area contributed by atoms with E-state index in [2.05, 4.69) is 4.98 Å². The van der Waals surface area contributed by atoms with Gasteiger partial charge in [-0.3, -0.25) is 4.98 Å². The SMILES string of the molecule is Cc1ncc(CO)c(CC=N)c1O. The molecule has 4 nitrogen and oxygen atoms in total. The van der Waals surface area contributed by atoms with Gasteiger partial charge in [-0.2, -0.15) is 0 Å². The van der Waals surface area contributed by atoms with E-state index in [1.54, 1.807) is 6.92 Å². The molecule has 0 bridgehead atoms. The van der Waals surface area contributed by atoms with Crippen molar-refractivity contribution in [2.45, 2.75) is 20.0 Å². The predicted molar refractivity (Wildman–Crippen MR) is 49.0 cm³/mol. The number of hydrogen-bond acceptors (Lipinski definition) is 4.